The predicted molar refractivity (Wildman–Crippen MR) is 63.5 cm³/mol. The predicted octanol–water partition coefficient (Wildman–Crippen LogP) is 4.55. The Balaban J connectivity index is 2.61. The molecule has 0 aliphatic rings. The molecule has 0 saturated carbocycles. The molecule has 2 aromatic carbocycles. The molecule has 1 heterocycles. The lowest BCUT2D eigenvalue weighted by Crippen LogP contribution is -1.73. The molecule has 3 rings (SSSR count). The van der Waals surface area contributed by atoms with Gasteiger partial charge in [-0.2, -0.15) is 0 Å². The first kappa shape index (κ1) is 8.81. The fourth-order valence-corrected chi connectivity index (χ4v) is 2.30. The molecule has 0 N–H and O–H groups in total. The Morgan fingerprint density at radius 1 is 1.07 bits per heavy atom. The van der Waals surface area contributed by atoms with Gasteiger partial charge in [-0.05, 0) is 30.7 Å². The highest BCUT2D eigenvalue weighted by Crippen LogP contribution is 2.34. The van der Waals surface area contributed by atoms with Gasteiger partial charge in [-0.25, -0.2) is 0 Å². The molecule has 1 nitrogen and oxygen atoms in total. The third-order valence-corrected chi connectivity index (χ3v) is 2.87. The molecular formula is C13H9ClO. The van der Waals surface area contributed by atoms with Gasteiger partial charge in [0.1, 0.15) is 11.2 Å². The van der Waals surface area contributed by atoms with Crippen LogP contribution in [0.15, 0.2) is 40.8 Å². The highest BCUT2D eigenvalue weighted by Gasteiger charge is 2.09. The molecule has 0 radical (unpaired) electrons. The van der Waals surface area contributed by atoms with Gasteiger partial charge < -0.3 is 4.42 Å². The minimum Gasteiger partial charge on any atom is -0.456 e. The molecule has 15 heavy (non-hydrogen) atoms. The van der Waals surface area contributed by atoms with Crippen LogP contribution in [0.4, 0.5) is 0 Å². The van der Waals surface area contributed by atoms with Gasteiger partial charge >= 0.3 is 0 Å². The smallest absolute Gasteiger partial charge is 0.137 e. The zero-order valence-electron chi connectivity index (χ0n) is 8.25. The second kappa shape index (κ2) is 3.01. The van der Waals surface area contributed by atoms with Gasteiger partial charge in [0.05, 0.1) is 5.02 Å². The second-order valence-corrected chi connectivity index (χ2v) is 4.13. The number of hydrogen-bond donors (Lipinski definition) is 0. The third-order valence-electron chi connectivity index (χ3n) is 2.57. The molecule has 0 unspecified atom stereocenters. The molecule has 0 atom stereocenters. The van der Waals surface area contributed by atoms with Crippen LogP contribution in [-0.4, -0.2) is 0 Å². The van der Waals surface area contributed by atoms with Crippen molar-refractivity contribution in [3.63, 3.8) is 0 Å². The summed E-state index contributed by atoms with van der Waals surface area (Å²) in [4.78, 5) is 0. The molecule has 1 aromatic heterocycles. The summed E-state index contributed by atoms with van der Waals surface area (Å²) in [6.07, 6.45) is 0. The molecule has 0 aliphatic heterocycles. The molecule has 0 spiro atoms. The number of rotatable bonds is 0. The van der Waals surface area contributed by atoms with Crippen LogP contribution in [0.25, 0.3) is 21.9 Å². The first-order chi connectivity index (χ1) is 7.25. The quantitative estimate of drug-likeness (QED) is 0.537. The first-order valence-corrected chi connectivity index (χ1v) is 5.21. The van der Waals surface area contributed by atoms with Gasteiger partial charge in [0, 0.05) is 10.8 Å². The van der Waals surface area contributed by atoms with Crippen molar-refractivity contribution in [3.05, 3.63) is 47.0 Å². The summed E-state index contributed by atoms with van der Waals surface area (Å²) in [5.41, 5.74) is 2.87. The zero-order chi connectivity index (χ0) is 10.4. The van der Waals surface area contributed by atoms with Gasteiger partial charge in [-0.15, -0.1) is 0 Å². The van der Waals surface area contributed by atoms with Gasteiger partial charge in [-0.1, -0.05) is 29.8 Å². The Hall–Kier alpha value is -1.47. The zero-order valence-corrected chi connectivity index (χ0v) is 9.01. The molecule has 0 aliphatic carbocycles. The Morgan fingerprint density at radius 2 is 1.87 bits per heavy atom. The van der Waals surface area contributed by atoms with E-state index in [1.165, 1.54) is 0 Å². The van der Waals surface area contributed by atoms with E-state index in [0.29, 0.717) is 0 Å². The van der Waals surface area contributed by atoms with Gasteiger partial charge in [0.2, 0.25) is 0 Å². The molecule has 0 amide bonds. The first-order valence-electron chi connectivity index (χ1n) is 4.83. The highest BCUT2D eigenvalue weighted by atomic mass is 35.5. The van der Waals surface area contributed by atoms with Crippen molar-refractivity contribution in [1.29, 1.82) is 0 Å². The summed E-state index contributed by atoms with van der Waals surface area (Å²) in [5, 5.41) is 2.85. The van der Waals surface area contributed by atoms with Crippen LogP contribution in [0.5, 0.6) is 0 Å². The molecule has 74 valence electrons. The van der Waals surface area contributed by atoms with Crippen LogP contribution in [0.1, 0.15) is 5.56 Å². The van der Waals surface area contributed by atoms with Crippen molar-refractivity contribution in [2.45, 2.75) is 6.92 Å². The average Bonchev–Trinajstić information content (AvgIpc) is 2.54. The number of hydrogen-bond acceptors (Lipinski definition) is 1. The van der Waals surface area contributed by atoms with E-state index in [-0.39, 0.29) is 0 Å². The molecule has 0 saturated heterocycles. The van der Waals surface area contributed by atoms with Crippen molar-refractivity contribution in [3.8, 4) is 0 Å². The number of benzene rings is 2. The topological polar surface area (TPSA) is 13.1 Å². The SMILES string of the molecule is Cc1cc(Cl)c2c(c1)oc1ccccc12. The summed E-state index contributed by atoms with van der Waals surface area (Å²) in [6, 6.07) is 11.9. The normalized spacial score (nSPS) is 11.3. The molecule has 2 heteroatoms. The van der Waals surface area contributed by atoms with Crippen molar-refractivity contribution >= 4 is 33.5 Å². The maximum atomic E-state index is 6.22. The molecule has 3 aromatic rings. The fraction of sp³-hybridized carbons (Fsp3) is 0.0769. The summed E-state index contributed by atoms with van der Waals surface area (Å²) in [6.45, 7) is 2.01. The van der Waals surface area contributed by atoms with Crippen LogP contribution in [0.3, 0.4) is 0 Å². The Bertz CT molecular complexity index is 652. The van der Waals surface area contributed by atoms with E-state index in [9.17, 15) is 0 Å². The highest BCUT2D eigenvalue weighted by molar-refractivity contribution is 6.37. The average molecular weight is 217 g/mol. The molecular weight excluding hydrogens is 208 g/mol. The lowest BCUT2D eigenvalue weighted by Gasteiger charge is -1.95. The Labute approximate surface area is 92.3 Å². The number of furan rings is 1. The van der Waals surface area contributed by atoms with Crippen molar-refractivity contribution in [2.24, 2.45) is 0 Å². The Kier molecular flexibility index (Phi) is 1.77. The van der Waals surface area contributed by atoms with E-state index in [0.717, 1.165) is 32.5 Å². The summed E-state index contributed by atoms with van der Waals surface area (Å²) in [5.74, 6) is 0. The van der Waals surface area contributed by atoms with E-state index >= 15 is 0 Å². The summed E-state index contributed by atoms with van der Waals surface area (Å²) < 4.78 is 5.73. The van der Waals surface area contributed by atoms with Gasteiger partial charge in [0.15, 0.2) is 0 Å². The van der Waals surface area contributed by atoms with E-state index in [1.54, 1.807) is 0 Å². The van der Waals surface area contributed by atoms with Crippen LogP contribution >= 0.6 is 11.6 Å². The van der Waals surface area contributed by atoms with Crippen LogP contribution in [0, 0.1) is 6.92 Å². The van der Waals surface area contributed by atoms with Crippen molar-refractivity contribution in [2.75, 3.05) is 0 Å². The Morgan fingerprint density at radius 3 is 2.73 bits per heavy atom. The van der Waals surface area contributed by atoms with E-state index < -0.39 is 0 Å². The maximum Gasteiger partial charge on any atom is 0.137 e. The number of fused-ring (bicyclic) bond motifs is 3. The largest absolute Gasteiger partial charge is 0.456 e. The van der Waals surface area contributed by atoms with Gasteiger partial charge in [0.25, 0.3) is 0 Å². The number of para-hydroxylation sites is 1. The number of aryl methyl sites for hydroxylation is 1. The standard InChI is InChI=1S/C13H9ClO/c1-8-6-10(14)13-9-4-2-3-5-11(9)15-12(13)7-8/h2-7H,1H3. The summed E-state index contributed by atoms with van der Waals surface area (Å²) in [7, 11) is 0. The minimum absolute atomic E-state index is 0.759. The van der Waals surface area contributed by atoms with Gasteiger partial charge in [-0.3, -0.25) is 0 Å². The van der Waals surface area contributed by atoms with E-state index in [1.807, 2.05) is 43.3 Å². The minimum atomic E-state index is 0.759. The van der Waals surface area contributed by atoms with Crippen LogP contribution in [-0.2, 0) is 0 Å². The van der Waals surface area contributed by atoms with Crippen molar-refractivity contribution in [1.82, 2.24) is 0 Å². The maximum absolute atomic E-state index is 6.22. The molecule has 0 bridgehead atoms. The lowest BCUT2D eigenvalue weighted by molar-refractivity contribution is 0.668. The second-order valence-electron chi connectivity index (χ2n) is 3.72. The van der Waals surface area contributed by atoms with E-state index in [2.05, 4.69) is 0 Å². The monoisotopic (exact) mass is 216 g/mol. The number of halogens is 1. The van der Waals surface area contributed by atoms with E-state index in [4.69, 9.17) is 16.0 Å². The lowest BCUT2D eigenvalue weighted by atomic mass is 10.1. The third kappa shape index (κ3) is 1.24. The van der Waals surface area contributed by atoms with Crippen LogP contribution in [0.2, 0.25) is 5.02 Å². The summed E-state index contributed by atoms with van der Waals surface area (Å²) >= 11 is 6.22. The molecule has 0 fully saturated rings. The van der Waals surface area contributed by atoms with Crippen molar-refractivity contribution < 1.29 is 4.42 Å². The fourth-order valence-electron chi connectivity index (χ4n) is 1.93. The van der Waals surface area contributed by atoms with Crippen LogP contribution < -0.4 is 0 Å².